The molecule has 1 heterocycles. The van der Waals surface area contributed by atoms with E-state index < -0.39 is 11.6 Å². The van der Waals surface area contributed by atoms with Crippen molar-refractivity contribution in [3.63, 3.8) is 0 Å². The van der Waals surface area contributed by atoms with Gasteiger partial charge in [0.15, 0.2) is 0 Å². The molecule has 0 radical (unpaired) electrons. The lowest BCUT2D eigenvalue weighted by Crippen LogP contribution is -2.47. The number of piperazine rings is 1. The highest BCUT2D eigenvalue weighted by Gasteiger charge is 2.31. The molecule has 1 aliphatic heterocycles. The Kier molecular flexibility index (Phi) is 5.35. The van der Waals surface area contributed by atoms with Gasteiger partial charge in [-0.25, -0.2) is 8.78 Å². The first-order valence-corrected chi connectivity index (χ1v) is 7.52. The first kappa shape index (κ1) is 15.7. The predicted octanol–water partition coefficient (Wildman–Crippen LogP) is 3.61. The number of hydrogen-bond acceptors (Lipinski definition) is 2. The van der Waals surface area contributed by atoms with Gasteiger partial charge in [0.05, 0.1) is 5.02 Å². The van der Waals surface area contributed by atoms with Gasteiger partial charge in [0.1, 0.15) is 11.6 Å². The minimum absolute atomic E-state index is 0.00941. The Morgan fingerprint density at radius 2 is 1.95 bits per heavy atom. The first-order valence-electron chi connectivity index (χ1n) is 7.14. The van der Waals surface area contributed by atoms with E-state index in [4.69, 9.17) is 11.6 Å². The van der Waals surface area contributed by atoms with E-state index in [0.29, 0.717) is 0 Å². The van der Waals surface area contributed by atoms with Crippen molar-refractivity contribution < 1.29 is 8.78 Å². The van der Waals surface area contributed by atoms with E-state index in [2.05, 4.69) is 10.2 Å². The molecular weight excluding hydrogens is 282 g/mol. The summed E-state index contributed by atoms with van der Waals surface area (Å²) in [6.45, 7) is 7.35. The molecule has 1 aliphatic rings. The fourth-order valence-corrected chi connectivity index (χ4v) is 2.99. The molecule has 20 heavy (non-hydrogen) atoms. The number of nitrogens with one attached hydrogen (secondary N) is 1. The lowest BCUT2D eigenvalue weighted by Gasteiger charge is -2.38. The van der Waals surface area contributed by atoms with Crippen LogP contribution in [0.1, 0.15) is 31.9 Å². The standard InChI is InChI=1S/C15H21ClF2N2/c1-3-10(2)15(20-8-6-19-7-9-20)13-12(17)5-4-11(16)14(13)18/h4-5,10,15,19H,3,6-9H2,1-2H3/t10?,15-/m0/s1. The van der Waals surface area contributed by atoms with Crippen LogP contribution in [-0.2, 0) is 0 Å². The third kappa shape index (κ3) is 3.13. The molecule has 0 aromatic heterocycles. The van der Waals surface area contributed by atoms with E-state index in [9.17, 15) is 8.78 Å². The second-order valence-electron chi connectivity index (χ2n) is 5.37. The average Bonchev–Trinajstić information content (AvgIpc) is 2.48. The molecule has 1 N–H and O–H groups in total. The van der Waals surface area contributed by atoms with Crippen molar-refractivity contribution in [1.29, 1.82) is 0 Å². The minimum Gasteiger partial charge on any atom is -0.314 e. The monoisotopic (exact) mass is 302 g/mol. The fraction of sp³-hybridized carbons (Fsp3) is 0.600. The summed E-state index contributed by atoms with van der Waals surface area (Å²) in [6.07, 6.45) is 0.861. The molecule has 1 aromatic carbocycles. The summed E-state index contributed by atoms with van der Waals surface area (Å²) < 4.78 is 28.5. The molecule has 1 saturated heterocycles. The van der Waals surface area contributed by atoms with Crippen LogP contribution in [0.15, 0.2) is 12.1 Å². The van der Waals surface area contributed by atoms with Gasteiger partial charge in [0, 0.05) is 37.8 Å². The van der Waals surface area contributed by atoms with Crippen LogP contribution >= 0.6 is 11.6 Å². The molecule has 1 unspecified atom stereocenters. The number of rotatable bonds is 4. The second-order valence-corrected chi connectivity index (χ2v) is 5.78. The fourth-order valence-electron chi connectivity index (χ4n) is 2.82. The summed E-state index contributed by atoms with van der Waals surface area (Å²) in [7, 11) is 0. The van der Waals surface area contributed by atoms with Crippen molar-refractivity contribution in [2.75, 3.05) is 26.2 Å². The Morgan fingerprint density at radius 1 is 1.30 bits per heavy atom. The molecule has 0 amide bonds. The first-order chi connectivity index (χ1) is 9.56. The maximum absolute atomic E-state index is 14.3. The Hall–Kier alpha value is -0.710. The smallest absolute Gasteiger partial charge is 0.149 e. The van der Waals surface area contributed by atoms with Gasteiger partial charge in [-0.2, -0.15) is 0 Å². The predicted molar refractivity (Wildman–Crippen MR) is 78.0 cm³/mol. The van der Waals surface area contributed by atoms with E-state index in [1.807, 2.05) is 13.8 Å². The number of halogens is 3. The van der Waals surface area contributed by atoms with Gasteiger partial charge in [-0.1, -0.05) is 31.9 Å². The number of benzene rings is 1. The van der Waals surface area contributed by atoms with E-state index in [1.165, 1.54) is 12.1 Å². The molecule has 0 saturated carbocycles. The van der Waals surface area contributed by atoms with Gasteiger partial charge in [-0.05, 0) is 18.1 Å². The molecule has 1 fully saturated rings. The number of hydrogen-bond donors (Lipinski definition) is 1. The van der Waals surface area contributed by atoms with Gasteiger partial charge in [-0.3, -0.25) is 4.90 Å². The van der Waals surface area contributed by atoms with Crippen molar-refractivity contribution in [2.24, 2.45) is 5.92 Å². The minimum atomic E-state index is -0.615. The topological polar surface area (TPSA) is 15.3 Å². The Balaban J connectivity index is 2.43. The second kappa shape index (κ2) is 6.83. The van der Waals surface area contributed by atoms with Gasteiger partial charge in [-0.15, -0.1) is 0 Å². The highest BCUT2D eigenvalue weighted by Crippen LogP contribution is 2.36. The molecule has 0 aliphatic carbocycles. The summed E-state index contributed by atoms with van der Waals surface area (Å²) in [5.41, 5.74) is 0.119. The highest BCUT2D eigenvalue weighted by atomic mass is 35.5. The van der Waals surface area contributed by atoms with Gasteiger partial charge in [0.2, 0.25) is 0 Å². The van der Waals surface area contributed by atoms with Gasteiger partial charge >= 0.3 is 0 Å². The zero-order valence-electron chi connectivity index (χ0n) is 11.9. The summed E-state index contributed by atoms with van der Waals surface area (Å²) in [5, 5.41) is 3.25. The lowest BCUT2D eigenvalue weighted by atomic mass is 9.89. The molecule has 2 rings (SSSR count). The molecule has 5 heteroatoms. The SMILES string of the molecule is CCC(C)[C@@H](c1c(F)ccc(Cl)c1F)N1CCNCC1. The van der Waals surface area contributed by atoms with E-state index >= 15 is 0 Å². The van der Waals surface area contributed by atoms with Crippen LogP contribution in [0.2, 0.25) is 5.02 Å². The summed E-state index contributed by atoms with van der Waals surface area (Å²) in [5.74, 6) is -0.957. The number of nitrogens with zero attached hydrogens (tertiary/aromatic N) is 1. The van der Waals surface area contributed by atoms with Crippen LogP contribution in [-0.4, -0.2) is 31.1 Å². The van der Waals surface area contributed by atoms with Crippen molar-refractivity contribution in [2.45, 2.75) is 26.3 Å². The maximum Gasteiger partial charge on any atom is 0.149 e. The van der Waals surface area contributed by atoms with Crippen molar-refractivity contribution in [3.05, 3.63) is 34.4 Å². The van der Waals surface area contributed by atoms with Crippen LogP contribution in [0.25, 0.3) is 0 Å². The molecule has 1 aromatic rings. The van der Waals surface area contributed by atoms with Crippen LogP contribution in [0.5, 0.6) is 0 Å². The van der Waals surface area contributed by atoms with E-state index in [0.717, 1.165) is 32.6 Å². The van der Waals surface area contributed by atoms with Crippen LogP contribution in [0.4, 0.5) is 8.78 Å². The Labute approximate surface area is 124 Å². The zero-order chi connectivity index (χ0) is 14.7. The summed E-state index contributed by atoms with van der Waals surface area (Å²) in [4.78, 5) is 2.16. The quantitative estimate of drug-likeness (QED) is 0.855. The maximum atomic E-state index is 14.3. The van der Waals surface area contributed by atoms with Crippen molar-refractivity contribution in [3.8, 4) is 0 Å². The Morgan fingerprint density at radius 3 is 2.55 bits per heavy atom. The van der Waals surface area contributed by atoms with Crippen LogP contribution < -0.4 is 5.32 Å². The molecule has 2 nitrogen and oxygen atoms in total. The van der Waals surface area contributed by atoms with E-state index in [1.54, 1.807) is 0 Å². The van der Waals surface area contributed by atoms with Crippen molar-refractivity contribution in [1.82, 2.24) is 10.2 Å². The van der Waals surface area contributed by atoms with E-state index in [-0.39, 0.29) is 22.5 Å². The molecule has 0 bridgehead atoms. The molecule has 2 atom stereocenters. The Bertz CT molecular complexity index is 461. The largest absolute Gasteiger partial charge is 0.314 e. The zero-order valence-corrected chi connectivity index (χ0v) is 12.7. The van der Waals surface area contributed by atoms with Gasteiger partial charge < -0.3 is 5.32 Å². The normalized spacial score (nSPS) is 19.9. The van der Waals surface area contributed by atoms with Gasteiger partial charge in [0.25, 0.3) is 0 Å². The lowest BCUT2D eigenvalue weighted by molar-refractivity contribution is 0.122. The molecule has 112 valence electrons. The summed E-state index contributed by atoms with van der Waals surface area (Å²) in [6, 6.07) is 2.28. The molecule has 0 spiro atoms. The van der Waals surface area contributed by atoms with Crippen LogP contribution in [0, 0.1) is 17.6 Å². The third-order valence-corrected chi connectivity index (χ3v) is 4.40. The average molecular weight is 303 g/mol. The molecular formula is C15H21ClF2N2. The summed E-state index contributed by atoms with van der Waals surface area (Å²) >= 11 is 5.84. The van der Waals surface area contributed by atoms with Crippen LogP contribution in [0.3, 0.4) is 0 Å². The van der Waals surface area contributed by atoms with Crippen molar-refractivity contribution >= 4 is 11.6 Å². The highest BCUT2D eigenvalue weighted by molar-refractivity contribution is 6.30. The third-order valence-electron chi connectivity index (χ3n) is 4.10.